The highest BCUT2D eigenvalue weighted by Gasteiger charge is 2.31. The van der Waals surface area contributed by atoms with E-state index in [0.29, 0.717) is 6.54 Å². The Morgan fingerprint density at radius 1 is 1.33 bits per heavy atom. The van der Waals surface area contributed by atoms with Crippen LogP contribution in [0.1, 0.15) is 37.3 Å². The molecule has 0 radical (unpaired) electrons. The van der Waals surface area contributed by atoms with Crippen molar-refractivity contribution >= 4 is 5.91 Å². The molecule has 0 bridgehead atoms. The fourth-order valence-electron chi connectivity index (χ4n) is 3.14. The summed E-state index contributed by atoms with van der Waals surface area (Å²) < 4.78 is 5.45. The Bertz CT molecular complexity index is 499. The second kappa shape index (κ2) is 6.48. The molecule has 0 aromatic heterocycles. The number of amides is 1. The fourth-order valence-corrected chi connectivity index (χ4v) is 3.14. The first kappa shape index (κ1) is 14.4. The molecule has 1 atom stereocenters. The topological polar surface area (TPSA) is 41.6 Å². The second-order valence-corrected chi connectivity index (χ2v) is 6.06. The molecule has 3 rings (SSSR count). The first-order chi connectivity index (χ1) is 10.3. The zero-order chi connectivity index (χ0) is 14.7. The molecular formula is C17H24N2O2. The number of methoxy groups -OCH3 is 1. The molecule has 114 valence electrons. The highest BCUT2D eigenvalue weighted by atomic mass is 16.5. The zero-order valence-corrected chi connectivity index (χ0v) is 12.7. The second-order valence-electron chi connectivity index (χ2n) is 6.06. The maximum atomic E-state index is 12.5. The van der Waals surface area contributed by atoms with Crippen molar-refractivity contribution in [1.82, 2.24) is 10.2 Å². The van der Waals surface area contributed by atoms with E-state index in [9.17, 15) is 4.79 Å². The minimum absolute atomic E-state index is 0.163. The molecule has 1 unspecified atom stereocenters. The molecule has 2 fully saturated rings. The first-order valence-corrected chi connectivity index (χ1v) is 7.92. The molecule has 1 aliphatic carbocycles. The van der Waals surface area contributed by atoms with Crippen LogP contribution in [0.4, 0.5) is 0 Å². The highest BCUT2D eigenvalue weighted by molar-refractivity contribution is 5.79. The predicted octanol–water partition coefficient (Wildman–Crippen LogP) is 2.36. The lowest BCUT2D eigenvalue weighted by Gasteiger charge is -2.26. The van der Waals surface area contributed by atoms with E-state index < -0.39 is 0 Å². The molecule has 1 heterocycles. The SMILES string of the molecule is COc1ccccc1C1CCCN1C(=O)CNCC1CC1. The van der Waals surface area contributed by atoms with Gasteiger partial charge in [-0.05, 0) is 44.2 Å². The van der Waals surface area contributed by atoms with Crippen LogP contribution in [0, 0.1) is 5.92 Å². The number of hydrogen-bond acceptors (Lipinski definition) is 3. The average molecular weight is 288 g/mol. The number of hydrogen-bond donors (Lipinski definition) is 1. The summed E-state index contributed by atoms with van der Waals surface area (Å²) in [6.07, 6.45) is 4.72. The van der Waals surface area contributed by atoms with E-state index in [1.807, 2.05) is 23.1 Å². The summed E-state index contributed by atoms with van der Waals surface area (Å²) in [4.78, 5) is 14.5. The quantitative estimate of drug-likeness (QED) is 0.873. The molecular weight excluding hydrogens is 264 g/mol. The number of carbonyl (C=O) groups is 1. The number of para-hydroxylation sites is 1. The molecule has 1 aliphatic heterocycles. The maximum Gasteiger partial charge on any atom is 0.237 e. The Morgan fingerprint density at radius 2 is 2.14 bits per heavy atom. The minimum Gasteiger partial charge on any atom is -0.496 e. The van der Waals surface area contributed by atoms with Gasteiger partial charge in [-0.1, -0.05) is 18.2 Å². The van der Waals surface area contributed by atoms with E-state index in [4.69, 9.17) is 4.74 Å². The van der Waals surface area contributed by atoms with Gasteiger partial charge >= 0.3 is 0 Å². The Labute approximate surface area is 126 Å². The lowest BCUT2D eigenvalue weighted by Crippen LogP contribution is -2.38. The fraction of sp³-hybridized carbons (Fsp3) is 0.588. The van der Waals surface area contributed by atoms with Crippen LogP contribution in [0.25, 0.3) is 0 Å². The molecule has 21 heavy (non-hydrogen) atoms. The lowest BCUT2D eigenvalue weighted by molar-refractivity contribution is -0.131. The van der Waals surface area contributed by atoms with Crippen molar-refractivity contribution in [2.24, 2.45) is 5.92 Å². The molecule has 4 nitrogen and oxygen atoms in total. The number of nitrogens with zero attached hydrogens (tertiary/aromatic N) is 1. The molecule has 2 aliphatic rings. The van der Waals surface area contributed by atoms with Crippen LogP contribution in [-0.2, 0) is 4.79 Å². The molecule has 1 amide bonds. The Morgan fingerprint density at radius 3 is 2.90 bits per heavy atom. The molecule has 0 spiro atoms. The zero-order valence-electron chi connectivity index (χ0n) is 12.7. The van der Waals surface area contributed by atoms with Gasteiger partial charge in [-0.3, -0.25) is 4.79 Å². The van der Waals surface area contributed by atoms with Crippen LogP contribution in [0.2, 0.25) is 0 Å². The number of likely N-dealkylation sites (tertiary alicyclic amines) is 1. The molecule has 4 heteroatoms. The minimum atomic E-state index is 0.163. The summed E-state index contributed by atoms with van der Waals surface area (Å²) in [7, 11) is 1.69. The Balaban J connectivity index is 1.64. The van der Waals surface area contributed by atoms with Crippen LogP contribution in [0.5, 0.6) is 5.75 Å². The van der Waals surface area contributed by atoms with E-state index in [0.717, 1.165) is 43.2 Å². The summed E-state index contributed by atoms with van der Waals surface area (Å²) in [6.45, 7) is 2.30. The van der Waals surface area contributed by atoms with Crippen molar-refractivity contribution < 1.29 is 9.53 Å². The Kier molecular flexibility index (Phi) is 4.44. The summed E-state index contributed by atoms with van der Waals surface area (Å²) in [6, 6.07) is 8.20. The van der Waals surface area contributed by atoms with E-state index in [1.54, 1.807) is 7.11 Å². The van der Waals surface area contributed by atoms with Crippen LogP contribution in [0.15, 0.2) is 24.3 Å². The number of nitrogens with one attached hydrogen (secondary N) is 1. The van der Waals surface area contributed by atoms with Gasteiger partial charge in [0.1, 0.15) is 5.75 Å². The summed E-state index contributed by atoms with van der Waals surface area (Å²) in [5.74, 6) is 1.90. The summed E-state index contributed by atoms with van der Waals surface area (Å²) >= 11 is 0. The van der Waals surface area contributed by atoms with Crippen LogP contribution < -0.4 is 10.1 Å². The molecule has 1 aromatic rings. The number of benzene rings is 1. The standard InChI is InChI=1S/C17H24N2O2/c1-21-16-7-3-2-5-14(16)15-6-4-10-19(15)17(20)12-18-11-13-8-9-13/h2-3,5,7,13,15,18H,4,6,8-12H2,1H3. The number of carbonyl (C=O) groups excluding carboxylic acids is 1. The normalized spacial score (nSPS) is 21.6. The van der Waals surface area contributed by atoms with E-state index in [2.05, 4.69) is 11.4 Å². The van der Waals surface area contributed by atoms with Crippen molar-refractivity contribution in [3.8, 4) is 5.75 Å². The third-order valence-corrected chi connectivity index (χ3v) is 4.48. The van der Waals surface area contributed by atoms with Crippen molar-refractivity contribution in [2.45, 2.75) is 31.7 Å². The average Bonchev–Trinajstić information content (AvgIpc) is 3.20. The van der Waals surface area contributed by atoms with Gasteiger partial charge in [0.25, 0.3) is 0 Å². The van der Waals surface area contributed by atoms with Crippen LogP contribution >= 0.6 is 0 Å². The highest BCUT2D eigenvalue weighted by Crippen LogP contribution is 2.36. The van der Waals surface area contributed by atoms with E-state index in [1.165, 1.54) is 12.8 Å². The van der Waals surface area contributed by atoms with E-state index >= 15 is 0 Å². The van der Waals surface area contributed by atoms with Gasteiger partial charge < -0.3 is 15.0 Å². The summed E-state index contributed by atoms with van der Waals surface area (Å²) in [5, 5.41) is 3.30. The predicted molar refractivity (Wildman–Crippen MR) is 82.3 cm³/mol. The smallest absolute Gasteiger partial charge is 0.237 e. The lowest BCUT2D eigenvalue weighted by atomic mass is 10.0. The van der Waals surface area contributed by atoms with Crippen molar-refractivity contribution in [1.29, 1.82) is 0 Å². The third kappa shape index (κ3) is 3.38. The molecule has 1 aromatic carbocycles. The van der Waals surface area contributed by atoms with Gasteiger partial charge in [-0.15, -0.1) is 0 Å². The van der Waals surface area contributed by atoms with Crippen LogP contribution in [-0.4, -0.2) is 37.6 Å². The van der Waals surface area contributed by atoms with Gasteiger partial charge in [-0.25, -0.2) is 0 Å². The van der Waals surface area contributed by atoms with Gasteiger partial charge in [0.15, 0.2) is 0 Å². The van der Waals surface area contributed by atoms with Gasteiger partial charge in [0.05, 0.1) is 19.7 Å². The van der Waals surface area contributed by atoms with Crippen molar-refractivity contribution in [2.75, 3.05) is 26.7 Å². The van der Waals surface area contributed by atoms with Gasteiger partial charge in [0.2, 0.25) is 5.91 Å². The summed E-state index contributed by atoms with van der Waals surface area (Å²) in [5.41, 5.74) is 1.13. The third-order valence-electron chi connectivity index (χ3n) is 4.48. The van der Waals surface area contributed by atoms with E-state index in [-0.39, 0.29) is 11.9 Å². The number of rotatable bonds is 6. The van der Waals surface area contributed by atoms with Crippen LogP contribution in [0.3, 0.4) is 0 Å². The maximum absolute atomic E-state index is 12.5. The largest absolute Gasteiger partial charge is 0.496 e. The molecule has 1 saturated carbocycles. The van der Waals surface area contributed by atoms with Gasteiger partial charge in [-0.2, -0.15) is 0 Å². The van der Waals surface area contributed by atoms with Gasteiger partial charge in [0, 0.05) is 12.1 Å². The monoisotopic (exact) mass is 288 g/mol. The number of ether oxygens (including phenoxy) is 1. The Hall–Kier alpha value is -1.55. The molecule has 1 saturated heterocycles. The first-order valence-electron chi connectivity index (χ1n) is 7.92. The van der Waals surface area contributed by atoms with Crippen molar-refractivity contribution in [3.05, 3.63) is 29.8 Å². The van der Waals surface area contributed by atoms with Crippen molar-refractivity contribution in [3.63, 3.8) is 0 Å². The molecule has 1 N–H and O–H groups in total.